The van der Waals surface area contributed by atoms with Crippen molar-refractivity contribution in [2.75, 3.05) is 0 Å². The Morgan fingerprint density at radius 1 is 1.21 bits per heavy atom. The van der Waals surface area contributed by atoms with Gasteiger partial charge in [0, 0.05) is 10.0 Å². The average molecular weight is 436 g/mol. The minimum atomic E-state index is -0.322. The van der Waals surface area contributed by atoms with E-state index in [1.807, 2.05) is 38.1 Å². The lowest BCUT2D eigenvalue weighted by molar-refractivity contribution is -0.118. The van der Waals surface area contributed by atoms with Crippen molar-refractivity contribution < 1.29 is 9.53 Å². The first-order chi connectivity index (χ1) is 13.4. The number of benzene rings is 2. The van der Waals surface area contributed by atoms with Crippen LogP contribution in [0.2, 0.25) is 10.0 Å². The summed E-state index contributed by atoms with van der Waals surface area (Å²) in [7, 11) is 0. The summed E-state index contributed by atoms with van der Waals surface area (Å²) in [5.74, 6) is 0.685. The molecule has 1 heterocycles. The van der Waals surface area contributed by atoms with Crippen LogP contribution in [0.4, 0.5) is 0 Å². The summed E-state index contributed by atoms with van der Waals surface area (Å²) in [5, 5.41) is 12.2. The summed E-state index contributed by atoms with van der Waals surface area (Å²) in [6.07, 6.45) is 2.22. The summed E-state index contributed by atoms with van der Waals surface area (Å²) >= 11 is 13.5. The van der Waals surface area contributed by atoms with Crippen LogP contribution in [-0.4, -0.2) is 28.6 Å². The Labute approximate surface area is 178 Å². The molecule has 1 aliphatic rings. The van der Waals surface area contributed by atoms with E-state index in [-0.39, 0.29) is 17.3 Å². The van der Waals surface area contributed by atoms with Crippen molar-refractivity contribution in [2.24, 2.45) is 10.2 Å². The van der Waals surface area contributed by atoms with Crippen LogP contribution in [0.5, 0.6) is 5.75 Å². The van der Waals surface area contributed by atoms with Crippen molar-refractivity contribution in [3.8, 4) is 5.75 Å². The third kappa shape index (κ3) is 5.74. The predicted molar refractivity (Wildman–Crippen MR) is 117 cm³/mol. The molecular weight excluding hydrogens is 417 g/mol. The topological polar surface area (TPSA) is 63.1 Å². The summed E-state index contributed by atoms with van der Waals surface area (Å²) in [4.78, 5) is 12.2. The maximum atomic E-state index is 12.2. The Morgan fingerprint density at radius 3 is 2.68 bits per heavy atom. The molecule has 8 heteroatoms. The first-order valence-electron chi connectivity index (χ1n) is 8.70. The van der Waals surface area contributed by atoms with Gasteiger partial charge in [-0.2, -0.15) is 5.10 Å². The van der Waals surface area contributed by atoms with E-state index in [1.54, 1.807) is 24.4 Å². The molecular formula is C20H19Cl2N3O2S. The largest absolute Gasteiger partial charge is 0.491 e. The van der Waals surface area contributed by atoms with Gasteiger partial charge in [-0.3, -0.25) is 4.79 Å². The zero-order valence-electron chi connectivity index (χ0n) is 15.4. The fourth-order valence-corrected chi connectivity index (χ4v) is 3.88. The van der Waals surface area contributed by atoms with Gasteiger partial charge < -0.3 is 10.1 Å². The molecule has 2 aromatic rings. The monoisotopic (exact) mass is 435 g/mol. The quantitative estimate of drug-likeness (QED) is 0.515. The highest BCUT2D eigenvalue weighted by Gasteiger charge is 2.31. The van der Waals surface area contributed by atoms with Gasteiger partial charge in [-0.05, 0) is 73.9 Å². The Balaban J connectivity index is 1.60. The molecule has 0 spiro atoms. The van der Waals surface area contributed by atoms with Crippen molar-refractivity contribution in [2.45, 2.75) is 31.6 Å². The number of hydrogen-bond acceptors (Lipinski definition) is 5. The number of nitrogens with one attached hydrogen (secondary N) is 1. The molecule has 0 unspecified atom stereocenters. The van der Waals surface area contributed by atoms with Gasteiger partial charge in [0.25, 0.3) is 0 Å². The average Bonchev–Trinajstić information content (AvgIpc) is 2.99. The number of halogens is 2. The number of hydrogen-bond donors (Lipinski definition) is 1. The second kappa shape index (κ2) is 9.45. The molecule has 1 atom stereocenters. The van der Waals surface area contributed by atoms with E-state index in [0.717, 1.165) is 16.9 Å². The maximum absolute atomic E-state index is 12.2. The number of thioether (sulfide) groups is 1. The zero-order chi connectivity index (χ0) is 20.1. The molecule has 0 aliphatic carbocycles. The van der Waals surface area contributed by atoms with Crippen LogP contribution in [0.3, 0.4) is 0 Å². The molecule has 28 heavy (non-hydrogen) atoms. The minimum absolute atomic E-state index is 0.120. The summed E-state index contributed by atoms with van der Waals surface area (Å²) in [6, 6.07) is 12.8. The number of rotatable bonds is 6. The number of carbonyl (C=O) groups excluding carboxylic acids is 1. The highest BCUT2D eigenvalue weighted by atomic mass is 35.5. The summed E-state index contributed by atoms with van der Waals surface area (Å²) in [6.45, 7) is 3.96. The Hall–Kier alpha value is -2.02. The predicted octanol–water partition coefficient (Wildman–Crippen LogP) is 4.94. The van der Waals surface area contributed by atoms with Gasteiger partial charge in [0.2, 0.25) is 5.91 Å². The van der Waals surface area contributed by atoms with E-state index in [0.29, 0.717) is 21.6 Å². The fourth-order valence-electron chi connectivity index (χ4n) is 2.54. The molecule has 0 saturated carbocycles. The fraction of sp³-hybridized carbons (Fsp3) is 0.250. The highest BCUT2D eigenvalue weighted by Crippen LogP contribution is 2.28. The first-order valence-corrected chi connectivity index (χ1v) is 10.3. The molecule has 1 N–H and O–H groups in total. The van der Waals surface area contributed by atoms with Crippen LogP contribution >= 0.6 is 35.0 Å². The van der Waals surface area contributed by atoms with Gasteiger partial charge in [0.15, 0.2) is 5.17 Å². The number of nitrogens with zero attached hydrogens (tertiary/aromatic N) is 2. The van der Waals surface area contributed by atoms with Crippen LogP contribution in [0.1, 0.15) is 25.0 Å². The van der Waals surface area contributed by atoms with Crippen molar-refractivity contribution >= 4 is 52.3 Å². The van der Waals surface area contributed by atoms with Crippen molar-refractivity contribution in [3.63, 3.8) is 0 Å². The van der Waals surface area contributed by atoms with E-state index in [9.17, 15) is 4.79 Å². The molecule has 5 nitrogen and oxygen atoms in total. The van der Waals surface area contributed by atoms with Gasteiger partial charge in [-0.25, -0.2) is 0 Å². The molecule has 1 amide bonds. The number of carbonyl (C=O) groups is 1. The van der Waals surface area contributed by atoms with E-state index >= 15 is 0 Å². The maximum Gasteiger partial charge on any atom is 0.239 e. The van der Waals surface area contributed by atoms with E-state index in [2.05, 4.69) is 15.5 Å². The number of ether oxygens (including phenoxy) is 1. The lowest BCUT2D eigenvalue weighted by Crippen LogP contribution is -2.26. The molecule has 1 saturated heterocycles. The third-order valence-electron chi connectivity index (χ3n) is 3.80. The van der Waals surface area contributed by atoms with Crippen LogP contribution in [-0.2, 0) is 11.2 Å². The molecule has 1 fully saturated rings. The van der Waals surface area contributed by atoms with Gasteiger partial charge >= 0.3 is 0 Å². The summed E-state index contributed by atoms with van der Waals surface area (Å²) < 4.78 is 5.60. The third-order valence-corrected chi connectivity index (χ3v) is 5.47. The molecule has 2 aromatic carbocycles. The van der Waals surface area contributed by atoms with Crippen molar-refractivity contribution in [3.05, 3.63) is 63.6 Å². The molecule has 1 aliphatic heterocycles. The lowest BCUT2D eigenvalue weighted by Gasteiger charge is -2.08. The lowest BCUT2D eigenvalue weighted by atomic mass is 10.1. The Morgan fingerprint density at radius 2 is 1.96 bits per heavy atom. The molecule has 0 aromatic heterocycles. The highest BCUT2D eigenvalue weighted by molar-refractivity contribution is 8.15. The molecule has 0 bridgehead atoms. The van der Waals surface area contributed by atoms with Gasteiger partial charge in [-0.1, -0.05) is 35.0 Å². The second-order valence-electron chi connectivity index (χ2n) is 6.42. The second-order valence-corrected chi connectivity index (χ2v) is 8.46. The molecule has 3 rings (SSSR count). The van der Waals surface area contributed by atoms with Gasteiger partial charge in [0.1, 0.15) is 5.75 Å². The zero-order valence-corrected chi connectivity index (χ0v) is 17.7. The Bertz CT molecular complexity index is 914. The summed E-state index contributed by atoms with van der Waals surface area (Å²) in [5.41, 5.74) is 1.72. The van der Waals surface area contributed by atoms with Gasteiger partial charge in [-0.15, -0.1) is 5.10 Å². The van der Waals surface area contributed by atoms with Crippen LogP contribution in [0.15, 0.2) is 52.7 Å². The van der Waals surface area contributed by atoms with Crippen molar-refractivity contribution in [1.82, 2.24) is 5.32 Å². The van der Waals surface area contributed by atoms with Crippen LogP contribution in [0.25, 0.3) is 0 Å². The van der Waals surface area contributed by atoms with Crippen LogP contribution in [0, 0.1) is 0 Å². The van der Waals surface area contributed by atoms with E-state index in [1.165, 1.54) is 11.8 Å². The number of amidine groups is 1. The first kappa shape index (κ1) is 20.7. The van der Waals surface area contributed by atoms with E-state index in [4.69, 9.17) is 27.9 Å². The van der Waals surface area contributed by atoms with Crippen LogP contribution < -0.4 is 10.1 Å². The standard InChI is InChI=1S/C20H19Cl2N3O2S/c1-12(2)27-16-6-3-13(4-7-16)11-23-25-20-24-19(26)18(28-20)10-14-9-15(21)5-8-17(14)22/h3-9,11-12,18H,10H2,1-2H3,(H,24,25,26)/b23-11-/t18-/m0/s1. The van der Waals surface area contributed by atoms with E-state index < -0.39 is 0 Å². The normalized spacial score (nSPS) is 18.2. The Kier molecular flexibility index (Phi) is 6.99. The SMILES string of the molecule is CC(C)Oc1ccc(/C=N\N=C2\NC(=O)[C@H](Cc3cc(Cl)ccc3Cl)S2)cc1. The van der Waals surface area contributed by atoms with Gasteiger partial charge in [0.05, 0.1) is 17.6 Å². The molecule has 0 radical (unpaired) electrons. The smallest absolute Gasteiger partial charge is 0.239 e. The minimum Gasteiger partial charge on any atom is -0.491 e. The molecule has 146 valence electrons. The number of amides is 1. The van der Waals surface area contributed by atoms with Crippen molar-refractivity contribution in [1.29, 1.82) is 0 Å².